The van der Waals surface area contributed by atoms with Gasteiger partial charge < -0.3 is 5.73 Å². The van der Waals surface area contributed by atoms with Gasteiger partial charge in [0.25, 0.3) is 0 Å². The minimum atomic E-state index is 0.449. The van der Waals surface area contributed by atoms with Crippen LogP contribution < -0.4 is 15.9 Å². The normalized spacial score (nSPS) is 9.85. The molecule has 0 bridgehead atoms. The summed E-state index contributed by atoms with van der Waals surface area (Å²) >= 11 is 0. The van der Waals surface area contributed by atoms with E-state index in [2.05, 4.69) is 0 Å². The fourth-order valence-corrected chi connectivity index (χ4v) is 1.07. The molecule has 5 heteroatoms. The third kappa shape index (κ3) is 2.01. The maximum absolute atomic E-state index is 9.22. The Morgan fingerprint density at radius 3 is 2.08 bits per heavy atom. The van der Waals surface area contributed by atoms with Gasteiger partial charge in [-0.2, -0.15) is 0 Å². The Morgan fingerprint density at radius 1 is 1.08 bits per heavy atom. The maximum atomic E-state index is 9.22. The maximum Gasteiger partial charge on any atom is 0.0907 e. The Bertz CT molecular complexity index is 299. The average molecular weight is 183 g/mol. The first-order valence-electron chi connectivity index (χ1n) is 3.77. The molecule has 5 nitrogen and oxygen atoms in total. The van der Waals surface area contributed by atoms with Crippen LogP contribution in [0.4, 0.5) is 17.1 Å². The van der Waals surface area contributed by atoms with Crippen LogP contribution in [-0.2, 0) is 0 Å². The first-order chi connectivity index (χ1) is 6.02. The van der Waals surface area contributed by atoms with E-state index in [0.29, 0.717) is 17.1 Å². The van der Waals surface area contributed by atoms with Crippen molar-refractivity contribution < 1.29 is 10.4 Å². The molecule has 0 saturated heterocycles. The molecule has 0 radical (unpaired) electrons. The van der Waals surface area contributed by atoms with Crippen LogP contribution in [0.2, 0.25) is 0 Å². The number of rotatable bonds is 2. The number of hydrogen-bond donors (Lipinski definition) is 3. The van der Waals surface area contributed by atoms with Gasteiger partial charge in [-0.3, -0.25) is 20.5 Å². The largest absolute Gasteiger partial charge is 0.399 e. The molecule has 1 aromatic rings. The van der Waals surface area contributed by atoms with Crippen molar-refractivity contribution in [3.63, 3.8) is 0 Å². The standard InChI is InChI=1S/C8H13N3O2/c1-10(12)7-4-3-6(9)5-8(7)11(2)13/h3-5,12-13H,9H2,1-2H3. The van der Waals surface area contributed by atoms with Gasteiger partial charge in [0.1, 0.15) is 0 Å². The minimum absolute atomic E-state index is 0.449. The first-order valence-corrected chi connectivity index (χ1v) is 3.77. The van der Waals surface area contributed by atoms with E-state index in [4.69, 9.17) is 5.73 Å². The van der Waals surface area contributed by atoms with E-state index < -0.39 is 0 Å². The van der Waals surface area contributed by atoms with Gasteiger partial charge in [-0.25, -0.2) is 0 Å². The van der Waals surface area contributed by atoms with Gasteiger partial charge in [0, 0.05) is 19.8 Å². The molecule has 0 fully saturated rings. The lowest BCUT2D eigenvalue weighted by Crippen LogP contribution is -2.17. The Balaban J connectivity index is 3.19. The van der Waals surface area contributed by atoms with Crippen LogP contribution in [0.5, 0.6) is 0 Å². The molecule has 0 amide bonds. The van der Waals surface area contributed by atoms with Crippen LogP contribution in [0, 0.1) is 0 Å². The van der Waals surface area contributed by atoms with E-state index in [1.807, 2.05) is 0 Å². The summed E-state index contributed by atoms with van der Waals surface area (Å²) in [6.07, 6.45) is 0. The van der Waals surface area contributed by atoms with Crippen molar-refractivity contribution in [2.45, 2.75) is 0 Å². The highest BCUT2D eigenvalue weighted by Crippen LogP contribution is 2.28. The summed E-state index contributed by atoms with van der Waals surface area (Å²) in [7, 11) is 2.93. The van der Waals surface area contributed by atoms with Crippen molar-refractivity contribution in [2.75, 3.05) is 30.0 Å². The second kappa shape index (κ2) is 3.51. The highest BCUT2D eigenvalue weighted by molar-refractivity contribution is 5.72. The molecule has 0 aliphatic rings. The van der Waals surface area contributed by atoms with E-state index in [9.17, 15) is 10.4 Å². The second-order valence-electron chi connectivity index (χ2n) is 2.80. The molecule has 0 atom stereocenters. The summed E-state index contributed by atoms with van der Waals surface area (Å²) in [5.41, 5.74) is 6.99. The molecule has 0 aromatic heterocycles. The van der Waals surface area contributed by atoms with Gasteiger partial charge in [-0.1, -0.05) is 0 Å². The highest BCUT2D eigenvalue weighted by Gasteiger charge is 2.08. The zero-order chi connectivity index (χ0) is 10.0. The molecule has 4 N–H and O–H groups in total. The summed E-state index contributed by atoms with van der Waals surface area (Å²) in [6.45, 7) is 0. The first kappa shape index (κ1) is 9.63. The fraction of sp³-hybridized carbons (Fsp3) is 0.250. The lowest BCUT2D eigenvalue weighted by atomic mass is 10.2. The van der Waals surface area contributed by atoms with E-state index in [-0.39, 0.29) is 0 Å². The zero-order valence-corrected chi connectivity index (χ0v) is 7.60. The fourth-order valence-electron chi connectivity index (χ4n) is 1.07. The second-order valence-corrected chi connectivity index (χ2v) is 2.80. The molecule has 1 rings (SSSR count). The monoisotopic (exact) mass is 183 g/mol. The summed E-state index contributed by atoms with van der Waals surface area (Å²) in [5.74, 6) is 0. The summed E-state index contributed by atoms with van der Waals surface area (Å²) in [5, 5.41) is 20.2. The number of hydroxylamine groups is 2. The van der Waals surface area contributed by atoms with Crippen molar-refractivity contribution in [2.24, 2.45) is 0 Å². The molecule has 1 aromatic carbocycles. The molecular formula is C8H13N3O2. The Morgan fingerprint density at radius 2 is 1.62 bits per heavy atom. The predicted octanol–water partition coefficient (Wildman–Crippen LogP) is 0.920. The number of hydrogen-bond acceptors (Lipinski definition) is 5. The number of anilines is 3. The van der Waals surface area contributed by atoms with Crippen LogP contribution in [0.25, 0.3) is 0 Å². The number of nitrogens with two attached hydrogens (primary N) is 1. The third-order valence-corrected chi connectivity index (χ3v) is 1.70. The summed E-state index contributed by atoms with van der Waals surface area (Å²) < 4.78 is 0. The molecule has 0 unspecified atom stereocenters. The average Bonchev–Trinajstić information content (AvgIpc) is 2.03. The van der Waals surface area contributed by atoms with Crippen molar-refractivity contribution in [1.29, 1.82) is 0 Å². The van der Waals surface area contributed by atoms with Crippen LogP contribution in [0.15, 0.2) is 18.2 Å². The Hall–Kier alpha value is -1.46. The molecule has 13 heavy (non-hydrogen) atoms. The predicted molar refractivity (Wildman–Crippen MR) is 51.2 cm³/mol. The molecule has 0 heterocycles. The van der Waals surface area contributed by atoms with Gasteiger partial charge in [-0.15, -0.1) is 0 Å². The molecule has 0 aliphatic heterocycles. The highest BCUT2D eigenvalue weighted by atomic mass is 16.5. The van der Waals surface area contributed by atoms with Gasteiger partial charge in [0.15, 0.2) is 0 Å². The van der Waals surface area contributed by atoms with E-state index in [0.717, 1.165) is 10.1 Å². The number of nitrogen functional groups attached to an aromatic ring is 1. The lowest BCUT2D eigenvalue weighted by molar-refractivity contribution is 0.265. The van der Waals surface area contributed by atoms with Crippen LogP contribution >= 0.6 is 0 Å². The lowest BCUT2D eigenvalue weighted by Gasteiger charge is -2.19. The van der Waals surface area contributed by atoms with Gasteiger partial charge in [-0.05, 0) is 18.2 Å². The smallest absolute Gasteiger partial charge is 0.0907 e. The molecule has 0 saturated carbocycles. The van der Waals surface area contributed by atoms with Crippen molar-refractivity contribution >= 4 is 17.1 Å². The van der Waals surface area contributed by atoms with Crippen LogP contribution in [0.1, 0.15) is 0 Å². The van der Waals surface area contributed by atoms with E-state index in [1.54, 1.807) is 18.2 Å². The quantitative estimate of drug-likeness (QED) is 0.469. The zero-order valence-electron chi connectivity index (χ0n) is 7.60. The summed E-state index contributed by atoms with van der Waals surface area (Å²) in [4.78, 5) is 0. The van der Waals surface area contributed by atoms with E-state index in [1.165, 1.54) is 14.1 Å². The Kier molecular flexibility index (Phi) is 2.60. The topological polar surface area (TPSA) is 73.0 Å². The number of benzene rings is 1. The van der Waals surface area contributed by atoms with Gasteiger partial charge >= 0.3 is 0 Å². The van der Waals surface area contributed by atoms with Crippen molar-refractivity contribution in [1.82, 2.24) is 0 Å². The third-order valence-electron chi connectivity index (χ3n) is 1.70. The minimum Gasteiger partial charge on any atom is -0.399 e. The van der Waals surface area contributed by atoms with Crippen LogP contribution in [-0.4, -0.2) is 24.5 Å². The van der Waals surface area contributed by atoms with Crippen LogP contribution in [0.3, 0.4) is 0 Å². The van der Waals surface area contributed by atoms with Crippen molar-refractivity contribution in [3.05, 3.63) is 18.2 Å². The SMILES string of the molecule is CN(O)c1ccc(N)cc1N(C)O. The molecule has 0 spiro atoms. The summed E-state index contributed by atoms with van der Waals surface area (Å²) in [6, 6.07) is 4.84. The number of nitrogens with zero attached hydrogens (tertiary/aromatic N) is 2. The molecule has 0 aliphatic carbocycles. The van der Waals surface area contributed by atoms with Gasteiger partial charge in [0.2, 0.25) is 0 Å². The van der Waals surface area contributed by atoms with Crippen molar-refractivity contribution in [3.8, 4) is 0 Å². The van der Waals surface area contributed by atoms with Gasteiger partial charge in [0.05, 0.1) is 11.4 Å². The Labute approximate surface area is 76.5 Å². The molecular weight excluding hydrogens is 170 g/mol. The van der Waals surface area contributed by atoms with E-state index >= 15 is 0 Å². The molecule has 72 valence electrons.